The van der Waals surface area contributed by atoms with Gasteiger partial charge in [0.05, 0.1) is 0 Å². The van der Waals surface area contributed by atoms with Crippen molar-refractivity contribution in [2.45, 2.75) is 6.61 Å². The molecule has 0 atom stereocenters. The monoisotopic (exact) mass is 272 g/mol. The van der Waals surface area contributed by atoms with E-state index in [1.165, 1.54) is 12.3 Å². The van der Waals surface area contributed by atoms with Crippen molar-refractivity contribution in [1.29, 1.82) is 5.26 Å². The molecule has 6 heteroatoms. The van der Waals surface area contributed by atoms with Crippen LogP contribution in [0.3, 0.4) is 0 Å². The van der Waals surface area contributed by atoms with Gasteiger partial charge in [0.2, 0.25) is 0 Å². The minimum absolute atomic E-state index is 0.0252. The highest BCUT2D eigenvalue weighted by Gasteiger charge is 2.13. The van der Waals surface area contributed by atoms with Crippen LogP contribution < -0.4 is 4.74 Å². The fourth-order valence-electron chi connectivity index (χ4n) is 1.61. The van der Waals surface area contributed by atoms with Crippen LogP contribution in [0.2, 0.25) is 0 Å². The van der Waals surface area contributed by atoms with Gasteiger partial charge < -0.3 is 9.84 Å². The standard InChI is InChI=1S/C14H9FN2O3/c15-10-3-4-13(11(6-10)14(18)19)20-8-9-2-1-5-17-12(9)7-16/h1-6H,8H2,(H,18,19). The van der Waals surface area contributed by atoms with E-state index in [1.54, 1.807) is 12.1 Å². The Balaban J connectivity index is 2.24. The van der Waals surface area contributed by atoms with Crippen molar-refractivity contribution in [1.82, 2.24) is 4.98 Å². The zero-order chi connectivity index (χ0) is 14.5. The van der Waals surface area contributed by atoms with Crippen LogP contribution in [0.25, 0.3) is 0 Å². The van der Waals surface area contributed by atoms with E-state index in [0.29, 0.717) is 5.56 Å². The van der Waals surface area contributed by atoms with Gasteiger partial charge in [-0.2, -0.15) is 5.26 Å². The third kappa shape index (κ3) is 2.90. The van der Waals surface area contributed by atoms with E-state index < -0.39 is 11.8 Å². The lowest BCUT2D eigenvalue weighted by Crippen LogP contribution is -2.05. The molecule has 0 radical (unpaired) electrons. The molecule has 1 aromatic carbocycles. The maximum Gasteiger partial charge on any atom is 0.339 e. The minimum Gasteiger partial charge on any atom is -0.488 e. The van der Waals surface area contributed by atoms with Crippen LogP contribution in [0.1, 0.15) is 21.6 Å². The molecule has 0 aliphatic rings. The van der Waals surface area contributed by atoms with Crippen molar-refractivity contribution in [3.63, 3.8) is 0 Å². The van der Waals surface area contributed by atoms with Crippen molar-refractivity contribution in [2.24, 2.45) is 0 Å². The van der Waals surface area contributed by atoms with Crippen LogP contribution in [0, 0.1) is 17.1 Å². The van der Waals surface area contributed by atoms with E-state index in [-0.39, 0.29) is 23.6 Å². The molecular weight excluding hydrogens is 263 g/mol. The lowest BCUT2D eigenvalue weighted by atomic mass is 10.2. The number of pyridine rings is 1. The zero-order valence-electron chi connectivity index (χ0n) is 10.2. The number of benzene rings is 1. The average Bonchev–Trinajstić information content (AvgIpc) is 2.46. The number of aromatic carboxylic acids is 1. The number of hydrogen-bond donors (Lipinski definition) is 1. The summed E-state index contributed by atoms with van der Waals surface area (Å²) in [6.45, 7) is -0.0252. The van der Waals surface area contributed by atoms with Crippen LogP contribution in [-0.4, -0.2) is 16.1 Å². The number of hydrogen-bond acceptors (Lipinski definition) is 4. The molecule has 0 spiro atoms. The highest BCUT2D eigenvalue weighted by Crippen LogP contribution is 2.21. The molecule has 0 amide bonds. The molecule has 100 valence electrons. The predicted octanol–water partition coefficient (Wildman–Crippen LogP) is 2.37. The Labute approximate surface area is 113 Å². The second-order valence-corrected chi connectivity index (χ2v) is 3.86. The van der Waals surface area contributed by atoms with Gasteiger partial charge in [-0.1, -0.05) is 6.07 Å². The third-order valence-electron chi connectivity index (χ3n) is 2.55. The van der Waals surface area contributed by atoms with E-state index in [9.17, 15) is 9.18 Å². The van der Waals surface area contributed by atoms with E-state index in [0.717, 1.165) is 12.1 Å². The van der Waals surface area contributed by atoms with Crippen LogP contribution in [0.5, 0.6) is 5.75 Å². The summed E-state index contributed by atoms with van der Waals surface area (Å²) in [5.74, 6) is -1.91. The topological polar surface area (TPSA) is 83.2 Å². The van der Waals surface area contributed by atoms with Gasteiger partial charge in [0, 0.05) is 11.8 Å². The Morgan fingerprint density at radius 3 is 2.95 bits per heavy atom. The Morgan fingerprint density at radius 1 is 1.45 bits per heavy atom. The highest BCUT2D eigenvalue weighted by atomic mass is 19.1. The van der Waals surface area contributed by atoms with Gasteiger partial charge in [0.15, 0.2) is 0 Å². The van der Waals surface area contributed by atoms with Gasteiger partial charge in [-0.05, 0) is 24.3 Å². The van der Waals surface area contributed by atoms with Crippen molar-refractivity contribution >= 4 is 5.97 Å². The first kappa shape index (κ1) is 13.5. The van der Waals surface area contributed by atoms with Gasteiger partial charge in [-0.15, -0.1) is 0 Å². The van der Waals surface area contributed by atoms with Crippen LogP contribution in [-0.2, 0) is 6.61 Å². The number of nitrogens with zero attached hydrogens (tertiary/aromatic N) is 2. The number of nitriles is 1. The molecule has 2 aromatic rings. The summed E-state index contributed by atoms with van der Waals surface area (Å²) in [7, 11) is 0. The second kappa shape index (κ2) is 5.80. The van der Waals surface area contributed by atoms with Crippen LogP contribution in [0.15, 0.2) is 36.5 Å². The summed E-state index contributed by atoms with van der Waals surface area (Å²) >= 11 is 0. The first-order chi connectivity index (χ1) is 9.61. The number of ether oxygens (including phenoxy) is 1. The SMILES string of the molecule is N#Cc1ncccc1COc1ccc(F)cc1C(=O)O. The Hall–Kier alpha value is -2.94. The van der Waals surface area contributed by atoms with Gasteiger partial charge in [-0.25, -0.2) is 14.2 Å². The molecule has 20 heavy (non-hydrogen) atoms. The number of carboxylic acid groups (broad SMARTS) is 1. The second-order valence-electron chi connectivity index (χ2n) is 3.86. The first-order valence-corrected chi connectivity index (χ1v) is 5.61. The number of halogens is 1. The largest absolute Gasteiger partial charge is 0.488 e. The van der Waals surface area contributed by atoms with Crippen molar-refractivity contribution in [2.75, 3.05) is 0 Å². The fraction of sp³-hybridized carbons (Fsp3) is 0.0714. The van der Waals surface area contributed by atoms with E-state index in [4.69, 9.17) is 15.1 Å². The Kier molecular flexibility index (Phi) is 3.91. The van der Waals surface area contributed by atoms with Gasteiger partial charge in [0.25, 0.3) is 0 Å². The lowest BCUT2D eigenvalue weighted by molar-refractivity contribution is 0.0691. The normalized spacial score (nSPS) is 9.80. The summed E-state index contributed by atoms with van der Waals surface area (Å²) in [6.07, 6.45) is 1.47. The van der Waals surface area contributed by atoms with Gasteiger partial charge in [-0.3, -0.25) is 0 Å². The molecule has 1 N–H and O–H groups in total. The van der Waals surface area contributed by atoms with Crippen molar-refractivity contribution in [3.8, 4) is 11.8 Å². The highest BCUT2D eigenvalue weighted by molar-refractivity contribution is 5.90. The maximum absolute atomic E-state index is 13.0. The van der Waals surface area contributed by atoms with E-state index in [1.807, 2.05) is 6.07 Å². The average molecular weight is 272 g/mol. The summed E-state index contributed by atoms with van der Waals surface area (Å²) in [5, 5.41) is 17.9. The molecule has 0 unspecified atom stereocenters. The minimum atomic E-state index is -1.29. The predicted molar refractivity (Wildman–Crippen MR) is 66.6 cm³/mol. The van der Waals surface area contributed by atoms with E-state index in [2.05, 4.69) is 4.98 Å². The summed E-state index contributed by atoms with van der Waals surface area (Å²) in [5.41, 5.74) is 0.453. The quantitative estimate of drug-likeness (QED) is 0.923. The number of carboxylic acids is 1. The fourth-order valence-corrected chi connectivity index (χ4v) is 1.61. The van der Waals surface area contributed by atoms with Crippen LogP contribution in [0.4, 0.5) is 4.39 Å². The molecule has 1 aromatic heterocycles. The maximum atomic E-state index is 13.0. The molecule has 0 bridgehead atoms. The zero-order valence-corrected chi connectivity index (χ0v) is 10.2. The van der Waals surface area contributed by atoms with Crippen molar-refractivity contribution < 1.29 is 19.0 Å². The van der Waals surface area contributed by atoms with Gasteiger partial charge in [0.1, 0.15) is 35.5 Å². The Bertz CT molecular complexity index is 695. The molecule has 1 heterocycles. The molecule has 0 fully saturated rings. The third-order valence-corrected chi connectivity index (χ3v) is 2.55. The number of aromatic nitrogens is 1. The first-order valence-electron chi connectivity index (χ1n) is 5.61. The van der Waals surface area contributed by atoms with Crippen molar-refractivity contribution in [3.05, 3.63) is 59.2 Å². The number of rotatable bonds is 4. The molecule has 0 aliphatic carbocycles. The van der Waals surface area contributed by atoms with Crippen LogP contribution >= 0.6 is 0 Å². The molecule has 0 saturated carbocycles. The summed E-state index contributed by atoms with van der Waals surface area (Å²) in [4.78, 5) is 14.9. The molecule has 2 rings (SSSR count). The Morgan fingerprint density at radius 2 is 2.25 bits per heavy atom. The number of carbonyl (C=O) groups is 1. The molecule has 0 aliphatic heterocycles. The summed E-state index contributed by atoms with van der Waals surface area (Å²) < 4.78 is 18.4. The molecular formula is C14H9FN2O3. The smallest absolute Gasteiger partial charge is 0.339 e. The van der Waals surface area contributed by atoms with E-state index >= 15 is 0 Å². The van der Waals surface area contributed by atoms with Gasteiger partial charge >= 0.3 is 5.97 Å². The molecule has 5 nitrogen and oxygen atoms in total. The lowest BCUT2D eigenvalue weighted by Gasteiger charge is -2.09. The molecule has 0 saturated heterocycles. The summed E-state index contributed by atoms with van der Waals surface area (Å²) in [6, 6.07) is 8.43.